The Morgan fingerprint density at radius 2 is 1.63 bits per heavy atom. The van der Waals surface area contributed by atoms with Crippen LogP contribution in [0.4, 0.5) is 24.5 Å². The molecule has 1 unspecified atom stereocenters. The van der Waals surface area contributed by atoms with Gasteiger partial charge in [0.15, 0.2) is 0 Å². The summed E-state index contributed by atoms with van der Waals surface area (Å²) in [5.74, 6) is -0.613. The van der Waals surface area contributed by atoms with E-state index in [4.69, 9.17) is 9.26 Å². The highest BCUT2D eigenvalue weighted by Crippen LogP contribution is 2.40. The molecule has 0 bridgehead atoms. The standard InChI is InChI=1S/C17H16F3N2O7P/c1-3-10-7-13(22(25)26)16(30(27)28-4-2)9-15(10)29-14-6-5-11(17(18,19)20)8-12(14)21(23)24/h5-9,30H,3-4H2,1-2H3. The Balaban J connectivity index is 2.62. The fraction of sp³-hybridized carbons (Fsp3) is 0.294. The molecule has 0 aliphatic rings. The van der Waals surface area contributed by atoms with Gasteiger partial charge in [0.05, 0.1) is 22.0 Å². The zero-order valence-corrected chi connectivity index (χ0v) is 16.7. The van der Waals surface area contributed by atoms with E-state index in [0.717, 1.165) is 18.2 Å². The Kier molecular flexibility index (Phi) is 7.16. The van der Waals surface area contributed by atoms with Crippen molar-refractivity contribution >= 4 is 24.7 Å². The number of nitro benzene ring substituents is 2. The molecule has 162 valence electrons. The van der Waals surface area contributed by atoms with Gasteiger partial charge in [-0.25, -0.2) is 0 Å². The number of hydrogen-bond acceptors (Lipinski definition) is 7. The highest BCUT2D eigenvalue weighted by Gasteiger charge is 2.34. The van der Waals surface area contributed by atoms with Gasteiger partial charge in [-0.1, -0.05) is 6.92 Å². The van der Waals surface area contributed by atoms with E-state index < -0.39 is 46.7 Å². The Bertz CT molecular complexity index is 1010. The molecule has 0 spiro atoms. The van der Waals surface area contributed by atoms with Crippen LogP contribution in [0.15, 0.2) is 30.3 Å². The van der Waals surface area contributed by atoms with E-state index in [2.05, 4.69) is 0 Å². The summed E-state index contributed by atoms with van der Waals surface area (Å²) >= 11 is 0. The van der Waals surface area contributed by atoms with Crippen molar-refractivity contribution < 1.29 is 36.8 Å². The zero-order chi connectivity index (χ0) is 22.6. The van der Waals surface area contributed by atoms with E-state index in [1.54, 1.807) is 6.92 Å². The largest absolute Gasteiger partial charge is 0.450 e. The van der Waals surface area contributed by atoms with Crippen LogP contribution in [0.5, 0.6) is 11.5 Å². The van der Waals surface area contributed by atoms with E-state index in [9.17, 15) is 38.0 Å². The summed E-state index contributed by atoms with van der Waals surface area (Å²) in [4.78, 5) is 20.8. The van der Waals surface area contributed by atoms with E-state index in [1.165, 1.54) is 6.92 Å². The topological polar surface area (TPSA) is 122 Å². The van der Waals surface area contributed by atoms with Crippen LogP contribution in [0.3, 0.4) is 0 Å². The number of nitro groups is 2. The van der Waals surface area contributed by atoms with Crippen molar-refractivity contribution in [3.05, 3.63) is 61.7 Å². The van der Waals surface area contributed by atoms with Crippen LogP contribution in [0.2, 0.25) is 0 Å². The molecule has 2 rings (SSSR count). The molecule has 1 atom stereocenters. The van der Waals surface area contributed by atoms with Gasteiger partial charge < -0.3 is 9.26 Å². The molecule has 0 saturated heterocycles. The third-order valence-corrected chi connectivity index (χ3v) is 5.35. The maximum Gasteiger partial charge on any atom is 0.416 e. The Morgan fingerprint density at radius 3 is 2.13 bits per heavy atom. The number of hydrogen-bond donors (Lipinski definition) is 0. The first-order chi connectivity index (χ1) is 14.0. The van der Waals surface area contributed by atoms with Crippen molar-refractivity contribution in [1.82, 2.24) is 0 Å². The summed E-state index contributed by atoms with van der Waals surface area (Å²) in [6.45, 7) is 3.18. The fourth-order valence-corrected chi connectivity index (χ4v) is 3.59. The molecule has 0 fully saturated rings. The third-order valence-electron chi connectivity index (χ3n) is 3.95. The highest BCUT2D eigenvalue weighted by atomic mass is 31.1. The van der Waals surface area contributed by atoms with Gasteiger partial charge in [0.25, 0.3) is 5.69 Å². The van der Waals surface area contributed by atoms with Crippen LogP contribution in [-0.4, -0.2) is 16.5 Å². The molecule has 0 radical (unpaired) electrons. The lowest BCUT2D eigenvalue weighted by atomic mass is 10.1. The second-order valence-electron chi connectivity index (χ2n) is 5.85. The maximum absolute atomic E-state index is 12.9. The van der Waals surface area contributed by atoms with E-state index in [1.807, 2.05) is 0 Å². The summed E-state index contributed by atoms with van der Waals surface area (Å²) in [5.41, 5.74) is -2.41. The van der Waals surface area contributed by atoms with Crippen LogP contribution in [-0.2, 0) is 21.7 Å². The number of nitrogens with zero attached hydrogens (tertiary/aromatic N) is 2. The predicted octanol–water partition coefficient (Wildman–Crippen LogP) is 5.01. The van der Waals surface area contributed by atoms with Crippen molar-refractivity contribution in [3.8, 4) is 11.5 Å². The number of aryl methyl sites for hydroxylation is 1. The van der Waals surface area contributed by atoms with Crippen LogP contribution in [0.1, 0.15) is 25.0 Å². The normalized spacial score (nSPS) is 12.4. The van der Waals surface area contributed by atoms with Crippen LogP contribution >= 0.6 is 8.03 Å². The van der Waals surface area contributed by atoms with Crippen molar-refractivity contribution in [2.45, 2.75) is 26.4 Å². The summed E-state index contributed by atoms with van der Waals surface area (Å²) < 4.78 is 61.3. The Labute approximate surface area is 168 Å². The molecule has 0 aromatic heterocycles. The Morgan fingerprint density at radius 1 is 1.00 bits per heavy atom. The minimum Gasteiger partial charge on any atom is -0.450 e. The summed E-state index contributed by atoms with van der Waals surface area (Å²) in [6, 6.07) is 3.89. The Hall–Kier alpha value is -2.98. The quantitative estimate of drug-likeness (QED) is 0.316. The fourth-order valence-electron chi connectivity index (χ4n) is 2.55. The first-order valence-electron chi connectivity index (χ1n) is 8.51. The van der Waals surface area contributed by atoms with Gasteiger partial charge in [-0.3, -0.25) is 24.8 Å². The van der Waals surface area contributed by atoms with Crippen molar-refractivity contribution in [3.63, 3.8) is 0 Å². The number of halogens is 3. The van der Waals surface area contributed by atoms with Crippen molar-refractivity contribution in [2.75, 3.05) is 6.61 Å². The second kappa shape index (κ2) is 9.23. The first kappa shape index (κ1) is 23.3. The second-order valence-corrected chi connectivity index (χ2v) is 7.25. The number of alkyl halides is 3. The molecule has 2 aromatic rings. The smallest absolute Gasteiger partial charge is 0.416 e. The van der Waals surface area contributed by atoms with E-state index in [-0.39, 0.29) is 29.6 Å². The van der Waals surface area contributed by atoms with Gasteiger partial charge in [-0.05, 0) is 25.5 Å². The number of benzene rings is 2. The lowest BCUT2D eigenvalue weighted by Gasteiger charge is -2.14. The first-order valence-corrected chi connectivity index (χ1v) is 9.83. The highest BCUT2D eigenvalue weighted by molar-refractivity contribution is 7.48. The molecule has 0 N–H and O–H groups in total. The average molecular weight is 448 g/mol. The monoisotopic (exact) mass is 448 g/mol. The molecule has 0 amide bonds. The van der Waals surface area contributed by atoms with E-state index in [0.29, 0.717) is 12.1 Å². The minimum absolute atomic E-state index is 0.0189. The maximum atomic E-state index is 12.9. The SMILES string of the molecule is CCO[PH](=O)c1cc(Oc2ccc(C(F)(F)F)cc2[N+](=O)[O-])c(CC)cc1[N+](=O)[O-]. The predicted molar refractivity (Wildman–Crippen MR) is 101 cm³/mol. The lowest BCUT2D eigenvalue weighted by Crippen LogP contribution is -2.10. The molecular formula is C17H16F3N2O7P. The van der Waals surface area contributed by atoms with Gasteiger partial charge in [0.2, 0.25) is 13.8 Å². The average Bonchev–Trinajstić information content (AvgIpc) is 2.66. The van der Waals surface area contributed by atoms with Gasteiger partial charge in [0, 0.05) is 23.8 Å². The summed E-state index contributed by atoms with van der Waals surface area (Å²) in [6.07, 6.45) is -4.60. The van der Waals surface area contributed by atoms with Gasteiger partial charge >= 0.3 is 11.9 Å². The molecule has 13 heteroatoms. The van der Waals surface area contributed by atoms with Crippen molar-refractivity contribution in [2.24, 2.45) is 0 Å². The number of rotatable bonds is 8. The minimum atomic E-state index is -4.80. The number of ether oxygens (including phenoxy) is 1. The van der Waals surface area contributed by atoms with Gasteiger partial charge in [-0.15, -0.1) is 0 Å². The summed E-state index contributed by atoms with van der Waals surface area (Å²) in [5, 5.41) is 22.3. The van der Waals surface area contributed by atoms with Gasteiger partial charge in [0.1, 0.15) is 11.1 Å². The van der Waals surface area contributed by atoms with Crippen LogP contribution in [0.25, 0.3) is 0 Å². The summed E-state index contributed by atoms with van der Waals surface area (Å²) in [7, 11) is -3.04. The molecule has 0 aliphatic carbocycles. The van der Waals surface area contributed by atoms with Crippen molar-refractivity contribution in [1.29, 1.82) is 0 Å². The molecule has 30 heavy (non-hydrogen) atoms. The third kappa shape index (κ3) is 5.14. The molecule has 0 saturated carbocycles. The molecule has 0 heterocycles. The van der Waals surface area contributed by atoms with Gasteiger partial charge in [-0.2, -0.15) is 13.2 Å². The van der Waals surface area contributed by atoms with Crippen LogP contribution in [0, 0.1) is 20.2 Å². The zero-order valence-electron chi connectivity index (χ0n) is 15.7. The molecule has 2 aromatic carbocycles. The van der Waals surface area contributed by atoms with Crippen LogP contribution < -0.4 is 10.0 Å². The molecule has 0 aliphatic heterocycles. The van der Waals surface area contributed by atoms with E-state index >= 15 is 0 Å². The lowest BCUT2D eigenvalue weighted by molar-refractivity contribution is -0.385. The molecular weight excluding hydrogens is 432 g/mol. The molecule has 9 nitrogen and oxygen atoms in total.